The Balaban J connectivity index is 3.16. The number of carboxylic acids is 1. The molecule has 0 spiro atoms. The summed E-state index contributed by atoms with van der Waals surface area (Å²) in [5, 5.41) is 9.01. The van der Waals surface area contributed by atoms with Gasteiger partial charge in [0.25, 0.3) is 0 Å². The van der Waals surface area contributed by atoms with Crippen LogP contribution in [-0.4, -0.2) is 46.5 Å². The number of carbonyl (C=O) groups is 1. The van der Waals surface area contributed by atoms with Gasteiger partial charge in [-0.2, -0.15) is 0 Å². The monoisotopic (exact) mass is 381 g/mol. The molecule has 1 aromatic carbocycles. The number of aromatic carboxylic acids is 1. The maximum atomic E-state index is 12.3. The van der Waals surface area contributed by atoms with Crippen molar-refractivity contribution in [2.75, 3.05) is 20.8 Å². The van der Waals surface area contributed by atoms with Gasteiger partial charge in [-0.1, -0.05) is 0 Å². The van der Waals surface area contributed by atoms with Crippen LogP contribution in [0.3, 0.4) is 0 Å². The summed E-state index contributed by atoms with van der Waals surface area (Å²) in [6, 6.07) is 2.48. The molecule has 0 heterocycles. The fourth-order valence-corrected chi connectivity index (χ4v) is 3.63. The molecular formula is C12H16BrNO6S. The van der Waals surface area contributed by atoms with Crippen LogP contribution in [0.2, 0.25) is 0 Å². The zero-order valence-corrected chi connectivity index (χ0v) is 14.1. The molecule has 0 atom stereocenters. The molecule has 0 aliphatic heterocycles. The van der Waals surface area contributed by atoms with Crippen LogP contribution in [0.5, 0.6) is 0 Å². The van der Waals surface area contributed by atoms with Gasteiger partial charge in [0.05, 0.1) is 17.0 Å². The molecule has 1 aromatic rings. The summed E-state index contributed by atoms with van der Waals surface area (Å²) in [5.41, 5.74) is 0.399. The van der Waals surface area contributed by atoms with E-state index in [2.05, 4.69) is 20.7 Å². The standard InChI is InChI=1S/C12H16BrNO6S/c1-7-4-8(12(15)16)5-9(11(7)13)21(17,18)14-6-10(19-2)20-3/h4-5,10,14H,6H2,1-3H3,(H,15,16). The van der Waals surface area contributed by atoms with E-state index in [1.165, 1.54) is 20.3 Å². The highest BCUT2D eigenvalue weighted by molar-refractivity contribution is 9.10. The van der Waals surface area contributed by atoms with Gasteiger partial charge in [0.1, 0.15) is 0 Å². The van der Waals surface area contributed by atoms with Gasteiger partial charge in [-0.25, -0.2) is 17.9 Å². The number of hydrogen-bond donors (Lipinski definition) is 2. The molecule has 0 bridgehead atoms. The second-order valence-electron chi connectivity index (χ2n) is 4.16. The molecule has 1 rings (SSSR count). The first-order chi connectivity index (χ1) is 9.72. The highest BCUT2D eigenvalue weighted by Gasteiger charge is 2.22. The van der Waals surface area contributed by atoms with Crippen molar-refractivity contribution in [1.29, 1.82) is 0 Å². The van der Waals surface area contributed by atoms with E-state index in [-0.39, 0.29) is 17.0 Å². The van der Waals surface area contributed by atoms with E-state index in [1.54, 1.807) is 6.92 Å². The van der Waals surface area contributed by atoms with Crippen LogP contribution >= 0.6 is 15.9 Å². The molecule has 2 N–H and O–H groups in total. The minimum atomic E-state index is -3.90. The fraction of sp³-hybridized carbons (Fsp3) is 0.417. The first kappa shape index (κ1) is 18.1. The molecule has 9 heteroatoms. The van der Waals surface area contributed by atoms with E-state index in [4.69, 9.17) is 14.6 Å². The maximum absolute atomic E-state index is 12.3. The van der Waals surface area contributed by atoms with E-state index >= 15 is 0 Å². The Morgan fingerprint density at radius 1 is 1.38 bits per heavy atom. The largest absolute Gasteiger partial charge is 0.478 e. The summed E-state index contributed by atoms with van der Waals surface area (Å²) in [4.78, 5) is 10.9. The van der Waals surface area contributed by atoms with Gasteiger partial charge in [-0.05, 0) is 40.5 Å². The van der Waals surface area contributed by atoms with E-state index in [9.17, 15) is 13.2 Å². The molecule has 0 aliphatic rings. The molecule has 7 nitrogen and oxygen atoms in total. The molecular weight excluding hydrogens is 366 g/mol. The molecule has 0 aliphatic carbocycles. The third-order valence-corrected chi connectivity index (χ3v) is 5.49. The Kier molecular flexibility index (Phi) is 6.29. The zero-order chi connectivity index (χ0) is 16.2. The van der Waals surface area contributed by atoms with Gasteiger partial charge in [0, 0.05) is 18.7 Å². The summed E-state index contributed by atoms with van der Waals surface area (Å²) >= 11 is 3.17. The molecule has 0 saturated heterocycles. The van der Waals surface area contributed by atoms with E-state index in [0.29, 0.717) is 10.0 Å². The Labute approximate surface area is 131 Å². The predicted octanol–water partition coefficient (Wildman–Crippen LogP) is 1.35. The molecule has 21 heavy (non-hydrogen) atoms. The van der Waals surface area contributed by atoms with Crippen molar-refractivity contribution < 1.29 is 27.8 Å². The number of methoxy groups -OCH3 is 2. The lowest BCUT2D eigenvalue weighted by molar-refractivity contribution is -0.0960. The van der Waals surface area contributed by atoms with Crippen LogP contribution in [-0.2, 0) is 19.5 Å². The van der Waals surface area contributed by atoms with E-state index in [0.717, 1.165) is 6.07 Å². The van der Waals surface area contributed by atoms with Gasteiger partial charge in [0.2, 0.25) is 10.0 Å². The molecule has 0 amide bonds. The Hall–Kier alpha value is -1.00. The normalized spacial score (nSPS) is 11.9. The maximum Gasteiger partial charge on any atom is 0.335 e. The summed E-state index contributed by atoms with van der Waals surface area (Å²) in [5.74, 6) is -1.20. The number of nitrogens with one attached hydrogen (secondary N) is 1. The highest BCUT2D eigenvalue weighted by atomic mass is 79.9. The Morgan fingerprint density at radius 2 is 1.95 bits per heavy atom. The Morgan fingerprint density at radius 3 is 2.43 bits per heavy atom. The number of sulfonamides is 1. The van der Waals surface area contributed by atoms with Crippen molar-refractivity contribution >= 4 is 31.9 Å². The summed E-state index contributed by atoms with van der Waals surface area (Å²) in [6.45, 7) is 1.51. The van der Waals surface area contributed by atoms with Crippen LogP contribution in [0, 0.1) is 6.92 Å². The first-order valence-corrected chi connectivity index (χ1v) is 8.09. The fourth-order valence-electron chi connectivity index (χ4n) is 1.57. The van der Waals surface area contributed by atoms with E-state index in [1.807, 2.05) is 0 Å². The number of carboxylic acid groups (broad SMARTS) is 1. The second-order valence-corrected chi connectivity index (χ2v) is 6.69. The van der Waals surface area contributed by atoms with Gasteiger partial charge >= 0.3 is 5.97 Å². The van der Waals surface area contributed by atoms with Crippen LogP contribution in [0.15, 0.2) is 21.5 Å². The smallest absolute Gasteiger partial charge is 0.335 e. The zero-order valence-electron chi connectivity index (χ0n) is 11.7. The lowest BCUT2D eigenvalue weighted by Crippen LogP contribution is -2.34. The quantitative estimate of drug-likeness (QED) is 0.691. The van der Waals surface area contributed by atoms with Crippen molar-refractivity contribution in [3.8, 4) is 0 Å². The minimum Gasteiger partial charge on any atom is -0.478 e. The van der Waals surface area contributed by atoms with Crippen LogP contribution in [0.1, 0.15) is 15.9 Å². The SMILES string of the molecule is COC(CNS(=O)(=O)c1cc(C(=O)O)cc(C)c1Br)OC. The summed E-state index contributed by atoms with van der Waals surface area (Å²) < 4.78 is 36.9. The van der Waals surface area contributed by atoms with Gasteiger partial charge in [-0.3, -0.25) is 0 Å². The first-order valence-electron chi connectivity index (χ1n) is 5.81. The number of halogens is 1. The third-order valence-electron chi connectivity index (χ3n) is 2.72. The number of aryl methyl sites for hydroxylation is 1. The molecule has 0 saturated carbocycles. The van der Waals surface area contributed by atoms with Crippen molar-refractivity contribution in [2.45, 2.75) is 18.1 Å². The predicted molar refractivity (Wildman–Crippen MR) is 78.8 cm³/mol. The van der Waals surface area contributed by atoms with Crippen molar-refractivity contribution in [2.24, 2.45) is 0 Å². The van der Waals surface area contributed by atoms with Crippen LogP contribution in [0.25, 0.3) is 0 Å². The summed E-state index contributed by atoms with van der Waals surface area (Å²) in [7, 11) is -1.14. The number of ether oxygens (including phenoxy) is 2. The number of hydrogen-bond acceptors (Lipinski definition) is 5. The molecule has 118 valence electrons. The molecule has 0 radical (unpaired) electrons. The van der Waals surface area contributed by atoms with Crippen LogP contribution in [0.4, 0.5) is 0 Å². The van der Waals surface area contributed by atoms with Crippen molar-refractivity contribution in [3.63, 3.8) is 0 Å². The number of rotatable bonds is 7. The second kappa shape index (κ2) is 7.32. The lowest BCUT2D eigenvalue weighted by Gasteiger charge is -2.15. The summed E-state index contributed by atoms with van der Waals surface area (Å²) in [6.07, 6.45) is -0.734. The molecule has 0 fully saturated rings. The minimum absolute atomic E-state index is 0.0991. The van der Waals surface area contributed by atoms with E-state index < -0.39 is 22.3 Å². The van der Waals surface area contributed by atoms with Crippen molar-refractivity contribution in [3.05, 3.63) is 27.7 Å². The van der Waals surface area contributed by atoms with Crippen molar-refractivity contribution in [1.82, 2.24) is 4.72 Å². The lowest BCUT2D eigenvalue weighted by atomic mass is 10.1. The topological polar surface area (TPSA) is 102 Å². The average molecular weight is 382 g/mol. The number of benzene rings is 1. The van der Waals surface area contributed by atoms with Gasteiger partial charge < -0.3 is 14.6 Å². The average Bonchev–Trinajstić information content (AvgIpc) is 2.42. The molecule has 0 unspecified atom stereocenters. The Bertz CT molecular complexity index is 627. The third kappa shape index (κ3) is 4.48. The highest BCUT2D eigenvalue weighted by Crippen LogP contribution is 2.27. The van der Waals surface area contributed by atoms with Gasteiger partial charge in [0.15, 0.2) is 6.29 Å². The van der Waals surface area contributed by atoms with Gasteiger partial charge in [-0.15, -0.1) is 0 Å². The molecule has 0 aromatic heterocycles. The van der Waals surface area contributed by atoms with Crippen LogP contribution < -0.4 is 4.72 Å².